The molecule has 0 N–H and O–H groups in total. The molecule has 3 aliphatic carbocycles. The molecule has 1 aromatic carbocycles. The topological polar surface area (TPSA) is 103 Å². The smallest absolute Gasteiger partial charge is 0.316 e. The second-order valence-corrected chi connectivity index (χ2v) is 13.5. The summed E-state index contributed by atoms with van der Waals surface area (Å²) in [7, 11) is 0. The van der Waals surface area contributed by atoms with Crippen LogP contribution in [0.4, 0.5) is 5.69 Å². The summed E-state index contributed by atoms with van der Waals surface area (Å²) in [6.45, 7) is 10.8. The minimum absolute atomic E-state index is 0.0160. The molecule has 0 spiro atoms. The Morgan fingerprint density at radius 1 is 1.02 bits per heavy atom. The average molecular weight is 574 g/mol. The number of amides is 1. The van der Waals surface area contributed by atoms with E-state index in [2.05, 4.69) is 52.9 Å². The number of hydrogen-bond donors (Lipinski definition) is 0. The fourth-order valence-corrected chi connectivity index (χ4v) is 6.90. The van der Waals surface area contributed by atoms with Gasteiger partial charge in [-0.15, -0.1) is 0 Å². The number of anilines is 1. The van der Waals surface area contributed by atoms with Gasteiger partial charge in [0.25, 0.3) is 0 Å². The molecule has 9 heteroatoms. The number of rotatable bonds is 8. The lowest BCUT2D eigenvalue weighted by Crippen LogP contribution is -2.52. The fourth-order valence-electron chi connectivity index (χ4n) is 6.90. The lowest BCUT2D eigenvalue weighted by Gasteiger charge is -2.53. The van der Waals surface area contributed by atoms with Crippen molar-refractivity contribution in [1.29, 1.82) is 0 Å². The Morgan fingerprint density at radius 3 is 2.33 bits per heavy atom. The number of ether oxygens (including phenoxy) is 2. The lowest BCUT2D eigenvalue weighted by atomic mass is 9.53. The first-order valence-electron chi connectivity index (χ1n) is 15.5. The van der Waals surface area contributed by atoms with E-state index in [0.29, 0.717) is 31.7 Å². The van der Waals surface area contributed by atoms with E-state index in [4.69, 9.17) is 19.0 Å². The zero-order valence-corrected chi connectivity index (χ0v) is 25.4. The van der Waals surface area contributed by atoms with Gasteiger partial charge in [0.05, 0.1) is 6.61 Å². The van der Waals surface area contributed by atoms with Crippen molar-refractivity contribution in [1.82, 2.24) is 20.1 Å². The maximum absolute atomic E-state index is 14.2. The Balaban J connectivity index is 1.25. The average Bonchev–Trinajstić information content (AvgIpc) is 3.54. The standard InChI is InChI=1S/C33H43N5O4/c1-5-41-30-34-20-25(21-35-30)24-7-6-8-26(19-24)38(27(39)23-9-17-40-18-10-23)22-32-11-14-33(15-12-32,16-13-32)28-36-29(42-37-28)31(2,3)4/h6-8,19-21,23H,5,9-18,22H2,1-4H3. The van der Waals surface area contributed by atoms with E-state index in [1.807, 2.05) is 19.1 Å². The van der Waals surface area contributed by atoms with Crippen LogP contribution in [-0.4, -0.2) is 52.4 Å². The molecule has 3 heterocycles. The summed E-state index contributed by atoms with van der Waals surface area (Å²) >= 11 is 0. The third-order valence-corrected chi connectivity index (χ3v) is 9.67. The molecule has 224 valence electrons. The van der Waals surface area contributed by atoms with Crippen molar-refractivity contribution in [2.75, 3.05) is 31.3 Å². The molecule has 1 saturated heterocycles. The number of hydrogen-bond acceptors (Lipinski definition) is 8. The van der Waals surface area contributed by atoms with Crippen molar-refractivity contribution in [3.63, 3.8) is 0 Å². The summed E-state index contributed by atoms with van der Waals surface area (Å²) in [5.74, 6) is 1.78. The lowest BCUT2D eigenvalue weighted by molar-refractivity contribution is -0.126. The zero-order chi connectivity index (χ0) is 29.4. The molecule has 4 aliphatic rings. The quantitative estimate of drug-likeness (QED) is 0.310. The summed E-state index contributed by atoms with van der Waals surface area (Å²) in [5.41, 5.74) is 2.71. The van der Waals surface area contributed by atoms with Gasteiger partial charge in [-0.2, -0.15) is 4.98 Å². The van der Waals surface area contributed by atoms with Gasteiger partial charge in [0.2, 0.25) is 11.8 Å². The first kappa shape index (κ1) is 28.8. The number of aromatic nitrogens is 4. The van der Waals surface area contributed by atoms with Crippen molar-refractivity contribution in [2.24, 2.45) is 11.3 Å². The van der Waals surface area contributed by atoms with E-state index in [1.165, 1.54) is 0 Å². The Bertz CT molecular complexity index is 1370. The van der Waals surface area contributed by atoms with Gasteiger partial charge in [-0.25, -0.2) is 9.97 Å². The molecular weight excluding hydrogens is 530 g/mol. The van der Waals surface area contributed by atoms with Crippen molar-refractivity contribution in [3.05, 3.63) is 48.4 Å². The summed E-state index contributed by atoms with van der Waals surface area (Å²) < 4.78 is 16.7. The molecule has 4 fully saturated rings. The van der Waals surface area contributed by atoms with Gasteiger partial charge in [0.15, 0.2) is 5.82 Å². The Labute approximate surface area is 248 Å². The maximum atomic E-state index is 14.2. The minimum Gasteiger partial charge on any atom is -0.464 e. The molecule has 2 bridgehead atoms. The maximum Gasteiger partial charge on any atom is 0.316 e. The van der Waals surface area contributed by atoms with E-state index in [1.54, 1.807) is 12.4 Å². The van der Waals surface area contributed by atoms with Crippen LogP contribution in [0.5, 0.6) is 6.01 Å². The highest BCUT2D eigenvalue weighted by Gasteiger charge is 2.52. The Kier molecular flexibility index (Phi) is 7.81. The molecular formula is C33H43N5O4. The predicted octanol–water partition coefficient (Wildman–Crippen LogP) is 6.27. The van der Waals surface area contributed by atoms with Crippen molar-refractivity contribution in [3.8, 4) is 17.1 Å². The SMILES string of the molecule is CCOc1ncc(-c2cccc(N(CC34CCC(c5noc(C(C)(C)C)n5)(CC3)CC4)C(=O)C3CCOCC3)c2)cn1. The van der Waals surface area contributed by atoms with Crippen LogP contribution in [0, 0.1) is 11.3 Å². The second-order valence-electron chi connectivity index (χ2n) is 13.5. The third-order valence-electron chi connectivity index (χ3n) is 9.67. The molecule has 1 aliphatic heterocycles. The van der Waals surface area contributed by atoms with Gasteiger partial charge in [0.1, 0.15) is 0 Å². The number of carbonyl (C=O) groups excluding carboxylic acids is 1. The molecule has 9 nitrogen and oxygen atoms in total. The van der Waals surface area contributed by atoms with E-state index in [-0.39, 0.29) is 28.1 Å². The number of carbonyl (C=O) groups is 1. The third kappa shape index (κ3) is 5.68. The van der Waals surface area contributed by atoms with Crippen LogP contribution >= 0.6 is 0 Å². The van der Waals surface area contributed by atoms with Crippen molar-refractivity contribution >= 4 is 11.6 Å². The van der Waals surface area contributed by atoms with Gasteiger partial charge < -0.3 is 18.9 Å². The first-order valence-corrected chi connectivity index (χ1v) is 15.5. The molecule has 0 atom stereocenters. The van der Waals surface area contributed by atoms with E-state index in [9.17, 15) is 4.79 Å². The molecule has 0 radical (unpaired) electrons. The summed E-state index contributed by atoms with van der Waals surface area (Å²) in [4.78, 5) is 29.8. The van der Waals surface area contributed by atoms with E-state index in [0.717, 1.165) is 80.6 Å². The Morgan fingerprint density at radius 2 is 1.71 bits per heavy atom. The number of fused-ring (bicyclic) bond motifs is 3. The summed E-state index contributed by atoms with van der Waals surface area (Å²) in [6.07, 6.45) is 11.3. The number of benzene rings is 1. The van der Waals surface area contributed by atoms with Crippen LogP contribution < -0.4 is 9.64 Å². The van der Waals surface area contributed by atoms with Gasteiger partial charge in [0, 0.05) is 60.2 Å². The molecule has 1 amide bonds. The minimum atomic E-state index is -0.161. The first-order chi connectivity index (χ1) is 20.2. The van der Waals surface area contributed by atoms with Crippen LogP contribution in [0.3, 0.4) is 0 Å². The van der Waals surface area contributed by atoms with Crippen LogP contribution in [0.2, 0.25) is 0 Å². The molecule has 2 aromatic heterocycles. The highest BCUT2D eigenvalue weighted by atomic mass is 16.5. The van der Waals surface area contributed by atoms with Gasteiger partial charge in [-0.3, -0.25) is 4.79 Å². The largest absolute Gasteiger partial charge is 0.464 e. The predicted molar refractivity (Wildman–Crippen MR) is 159 cm³/mol. The molecule has 3 aromatic rings. The van der Waals surface area contributed by atoms with Crippen LogP contribution in [0.1, 0.15) is 90.8 Å². The molecule has 42 heavy (non-hydrogen) atoms. The van der Waals surface area contributed by atoms with Crippen molar-refractivity contribution in [2.45, 2.75) is 89.9 Å². The normalized spacial score (nSPS) is 24.5. The van der Waals surface area contributed by atoms with Crippen LogP contribution in [0.15, 0.2) is 41.2 Å². The molecule has 3 saturated carbocycles. The zero-order valence-electron chi connectivity index (χ0n) is 25.4. The fraction of sp³-hybridized carbons (Fsp3) is 0.606. The van der Waals surface area contributed by atoms with Gasteiger partial charge in [-0.1, -0.05) is 38.1 Å². The van der Waals surface area contributed by atoms with Crippen molar-refractivity contribution < 1.29 is 18.8 Å². The van der Waals surface area contributed by atoms with Gasteiger partial charge >= 0.3 is 6.01 Å². The molecule has 0 unspecified atom stereocenters. The Hall–Kier alpha value is -3.33. The van der Waals surface area contributed by atoms with Gasteiger partial charge in [-0.05, 0) is 81.4 Å². The monoisotopic (exact) mass is 573 g/mol. The number of nitrogens with zero attached hydrogens (tertiary/aromatic N) is 5. The highest BCUT2D eigenvalue weighted by Crippen LogP contribution is 2.57. The second kappa shape index (κ2) is 11.4. The summed E-state index contributed by atoms with van der Waals surface area (Å²) in [6, 6.07) is 8.61. The van der Waals surface area contributed by atoms with E-state index < -0.39 is 0 Å². The van der Waals surface area contributed by atoms with Crippen LogP contribution in [-0.2, 0) is 20.4 Å². The highest BCUT2D eigenvalue weighted by molar-refractivity contribution is 5.96. The van der Waals surface area contributed by atoms with Crippen LogP contribution in [0.25, 0.3) is 11.1 Å². The van der Waals surface area contributed by atoms with E-state index >= 15 is 0 Å². The summed E-state index contributed by atoms with van der Waals surface area (Å²) in [5, 5.41) is 4.47. The molecule has 7 rings (SSSR count).